The van der Waals surface area contributed by atoms with Crippen LogP contribution < -0.4 is 0 Å². The smallest absolute Gasteiger partial charge is 0.296 e. The Balaban J connectivity index is 2.08. The molecule has 0 saturated heterocycles. The van der Waals surface area contributed by atoms with E-state index in [9.17, 15) is 15.2 Å². The van der Waals surface area contributed by atoms with Crippen LogP contribution in [0.2, 0.25) is 0 Å². The number of hydrogen-bond donors (Lipinski definition) is 1. The highest BCUT2D eigenvalue weighted by molar-refractivity contribution is 5.58. The van der Waals surface area contributed by atoms with Gasteiger partial charge in [0.05, 0.1) is 4.92 Å². The van der Waals surface area contributed by atoms with Crippen molar-refractivity contribution in [1.82, 2.24) is 0 Å². The Labute approximate surface area is 207 Å². The molecular weight excluding hydrogens is 438 g/mol. The summed E-state index contributed by atoms with van der Waals surface area (Å²) in [7, 11) is 0. The molecule has 0 bridgehead atoms. The summed E-state index contributed by atoms with van der Waals surface area (Å²) in [5, 5.41) is 30.1. The molecule has 6 nitrogen and oxygen atoms in total. The van der Waals surface area contributed by atoms with Gasteiger partial charge in [-0.1, -0.05) is 97.0 Å². The van der Waals surface area contributed by atoms with E-state index in [2.05, 4.69) is 83.0 Å². The van der Waals surface area contributed by atoms with E-state index in [-0.39, 0.29) is 45.0 Å². The molecule has 35 heavy (non-hydrogen) atoms. The first-order valence-corrected chi connectivity index (χ1v) is 11.8. The highest BCUT2D eigenvalue weighted by Crippen LogP contribution is 2.53. The number of nitrogens with zero attached hydrogens (tertiary/aromatic N) is 3. The molecule has 0 aromatic heterocycles. The summed E-state index contributed by atoms with van der Waals surface area (Å²) in [4.78, 5) is 10.8. The summed E-state index contributed by atoms with van der Waals surface area (Å²) >= 11 is 0. The Hall–Kier alpha value is -3.54. The van der Waals surface area contributed by atoms with E-state index in [1.54, 1.807) is 18.2 Å². The van der Waals surface area contributed by atoms with E-state index in [0.29, 0.717) is 0 Å². The second kappa shape index (κ2) is 9.61. The normalized spacial score (nSPS) is 13.7. The number of para-hydroxylation sites is 1. The van der Waals surface area contributed by atoms with Crippen molar-refractivity contribution in [2.24, 2.45) is 21.6 Å². The maximum absolute atomic E-state index is 11.3. The minimum Gasteiger partial charge on any atom is -0.506 e. The molecule has 3 rings (SSSR count). The second-order valence-electron chi connectivity index (χ2n) is 11.3. The zero-order chi connectivity index (χ0) is 26.0. The van der Waals surface area contributed by atoms with Crippen LogP contribution in [-0.4, -0.2) is 10.0 Å². The van der Waals surface area contributed by atoms with Crippen LogP contribution in [0, 0.1) is 21.4 Å². The Kier molecular flexibility index (Phi) is 7.16. The molecule has 6 heteroatoms. The molecule has 0 aliphatic rings. The number of nitro benzene ring substituents is 1. The number of benzene rings is 3. The van der Waals surface area contributed by atoms with Crippen molar-refractivity contribution >= 4 is 17.1 Å². The third-order valence-corrected chi connectivity index (χ3v) is 6.89. The van der Waals surface area contributed by atoms with Gasteiger partial charge in [-0.3, -0.25) is 10.1 Å². The molecule has 0 amide bonds. The molecule has 0 spiro atoms. The summed E-state index contributed by atoms with van der Waals surface area (Å²) < 4.78 is 0. The summed E-state index contributed by atoms with van der Waals surface area (Å²) in [5.74, 6) is 0.177. The molecule has 184 valence electrons. The van der Waals surface area contributed by atoms with Gasteiger partial charge in [-0.2, -0.15) is 0 Å². The lowest BCUT2D eigenvalue weighted by molar-refractivity contribution is -0.384. The quantitative estimate of drug-likeness (QED) is 0.211. The third-order valence-electron chi connectivity index (χ3n) is 6.89. The second-order valence-corrected chi connectivity index (χ2v) is 11.3. The predicted molar refractivity (Wildman–Crippen MR) is 141 cm³/mol. The lowest BCUT2D eigenvalue weighted by Gasteiger charge is -2.52. The first-order chi connectivity index (χ1) is 16.3. The maximum Gasteiger partial charge on any atom is 0.296 e. The molecule has 0 aliphatic carbocycles. The number of azo groups is 1. The summed E-state index contributed by atoms with van der Waals surface area (Å²) in [6.45, 7) is 15.8. The van der Waals surface area contributed by atoms with Crippen molar-refractivity contribution in [2.45, 2.75) is 59.3 Å². The van der Waals surface area contributed by atoms with Gasteiger partial charge in [-0.05, 0) is 51.5 Å². The number of hydrogen-bond acceptors (Lipinski definition) is 5. The minimum atomic E-state index is -0.493. The van der Waals surface area contributed by atoms with E-state index >= 15 is 0 Å². The SMILES string of the molecule is CC(C)(C)C(C(C)(C)c1ccccc1)C(C)(C)c1ccc(O)c(N=Nc2ccccc2[N+](=O)[O-])c1. The number of rotatable bonds is 7. The van der Waals surface area contributed by atoms with E-state index < -0.39 is 4.92 Å². The van der Waals surface area contributed by atoms with Crippen molar-refractivity contribution in [2.75, 3.05) is 0 Å². The van der Waals surface area contributed by atoms with Gasteiger partial charge >= 0.3 is 0 Å². The van der Waals surface area contributed by atoms with Crippen molar-refractivity contribution in [3.05, 3.63) is 94.0 Å². The zero-order valence-corrected chi connectivity index (χ0v) is 21.6. The lowest BCUT2D eigenvalue weighted by Crippen LogP contribution is -2.49. The fourth-order valence-electron chi connectivity index (χ4n) is 6.08. The molecule has 3 aromatic carbocycles. The van der Waals surface area contributed by atoms with Crippen LogP contribution in [0.15, 0.2) is 83.0 Å². The Bertz CT molecular complexity index is 1230. The van der Waals surface area contributed by atoms with Gasteiger partial charge in [0.25, 0.3) is 5.69 Å². The largest absolute Gasteiger partial charge is 0.506 e. The maximum atomic E-state index is 11.3. The van der Waals surface area contributed by atoms with Gasteiger partial charge in [0, 0.05) is 6.07 Å². The summed E-state index contributed by atoms with van der Waals surface area (Å²) in [5.41, 5.74) is 2.04. The molecule has 0 heterocycles. The van der Waals surface area contributed by atoms with Gasteiger partial charge in [0.1, 0.15) is 11.4 Å². The Morgan fingerprint density at radius 2 is 1.29 bits per heavy atom. The van der Waals surface area contributed by atoms with Crippen LogP contribution in [0.3, 0.4) is 0 Å². The molecule has 1 unspecified atom stereocenters. The van der Waals surface area contributed by atoms with Gasteiger partial charge < -0.3 is 5.11 Å². The van der Waals surface area contributed by atoms with Crippen molar-refractivity contribution in [1.29, 1.82) is 0 Å². The van der Waals surface area contributed by atoms with E-state index in [1.807, 2.05) is 18.2 Å². The van der Waals surface area contributed by atoms with Crippen LogP contribution >= 0.6 is 0 Å². The molecule has 0 radical (unpaired) electrons. The molecular formula is C29H35N3O3. The molecule has 1 N–H and O–H groups in total. The van der Waals surface area contributed by atoms with Crippen molar-refractivity contribution in [3.8, 4) is 5.75 Å². The molecule has 0 aliphatic heterocycles. The summed E-state index contributed by atoms with van der Waals surface area (Å²) in [6, 6.07) is 22.1. The highest BCUT2D eigenvalue weighted by Gasteiger charge is 2.48. The monoisotopic (exact) mass is 473 g/mol. The molecule has 3 aromatic rings. The van der Waals surface area contributed by atoms with Crippen LogP contribution in [0.25, 0.3) is 0 Å². The molecule has 0 fully saturated rings. The number of aromatic hydroxyl groups is 1. The van der Waals surface area contributed by atoms with E-state index in [4.69, 9.17) is 0 Å². The molecule has 0 saturated carbocycles. The summed E-state index contributed by atoms with van der Waals surface area (Å²) in [6.07, 6.45) is 0. The minimum absolute atomic E-state index is 0.0264. The number of nitro groups is 1. The zero-order valence-electron chi connectivity index (χ0n) is 21.6. The van der Waals surface area contributed by atoms with Gasteiger partial charge in [-0.15, -0.1) is 10.2 Å². The first-order valence-electron chi connectivity index (χ1n) is 11.8. The van der Waals surface area contributed by atoms with Crippen LogP contribution in [0.5, 0.6) is 5.75 Å². The van der Waals surface area contributed by atoms with Crippen molar-refractivity contribution in [3.63, 3.8) is 0 Å². The average molecular weight is 474 g/mol. The fourth-order valence-corrected chi connectivity index (χ4v) is 6.08. The molecule has 1 atom stereocenters. The average Bonchev–Trinajstić information content (AvgIpc) is 2.77. The fraction of sp³-hybridized carbons (Fsp3) is 0.379. The topological polar surface area (TPSA) is 88.1 Å². The highest BCUT2D eigenvalue weighted by atomic mass is 16.6. The van der Waals surface area contributed by atoms with E-state index in [1.165, 1.54) is 17.7 Å². The Morgan fingerprint density at radius 3 is 1.89 bits per heavy atom. The first kappa shape index (κ1) is 26.1. The standard InChI is InChI=1S/C29H35N3O3/c1-27(2,3)26(28(4,5)20-13-9-8-10-14-20)29(6,7)21-17-18-25(33)23(19-21)31-30-22-15-11-12-16-24(22)32(34)35/h8-19,26,33H,1-7H3. The van der Waals surface area contributed by atoms with Gasteiger partial charge in [0.15, 0.2) is 5.69 Å². The van der Waals surface area contributed by atoms with Crippen molar-refractivity contribution < 1.29 is 10.0 Å². The van der Waals surface area contributed by atoms with Crippen LogP contribution in [0.1, 0.15) is 59.6 Å². The van der Waals surface area contributed by atoms with Gasteiger partial charge in [0.2, 0.25) is 0 Å². The number of phenolic OH excluding ortho intramolecular Hbond substituents is 1. The lowest BCUT2D eigenvalue weighted by atomic mass is 9.52. The Morgan fingerprint density at radius 1 is 0.743 bits per heavy atom. The number of phenols is 1. The third kappa shape index (κ3) is 5.42. The van der Waals surface area contributed by atoms with E-state index in [0.717, 1.165) is 5.56 Å². The predicted octanol–water partition coefficient (Wildman–Crippen LogP) is 8.63. The van der Waals surface area contributed by atoms with Crippen LogP contribution in [0.4, 0.5) is 17.1 Å². The van der Waals surface area contributed by atoms with Gasteiger partial charge in [-0.25, -0.2) is 0 Å². The van der Waals surface area contributed by atoms with Crippen LogP contribution in [-0.2, 0) is 10.8 Å².